The molecular formula is C18H23ClN2O4S. The third kappa shape index (κ3) is 3.60. The van der Waals surface area contributed by atoms with Gasteiger partial charge in [-0.2, -0.15) is 0 Å². The lowest BCUT2D eigenvalue weighted by molar-refractivity contribution is -0.143. The molecule has 1 heterocycles. The van der Waals surface area contributed by atoms with E-state index in [1.807, 2.05) is 13.8 Å². The Kier molecular flexibility index (Phi) is 5.05. The number of hydrogen-bond donors (Lipinski definition) is 1. The van der Waals surface area contributed by atoms with Crippen molar-refractivity contribution in [2.75, 3.05) is 23.4 Å². The van der Waals surface area contributed by atoms with Gasteiger partial charge in [0.05, 0.1) is 11.5 Å². The number of aryl methyl sites for hydroxylation is 1. The van der Waals surface area contributed by atoms with Crippen LogP contribution in [0.2, 0.25) is 5.02 Å². The highest BCUT2D eigenvalue weighted by molar-refractivity contribution is 7.91. The highest BCUT2D eigenvalue weighted by Gasteiger charge is 2.58. The summed E-state index contributed by atoms with van der Waals surface area (Å²) in [5.74, 6) is -0.528. The summed E-state index contributed by atoms with van der Waals surface area (Å²) in [5.41, 5.74) is 0.373. The van der Waals surface area contributed by atoms with Gasteiger partial charge in [0.15, 0.2) is 9.84 Å². The Labute approximate surface area is 158 Å². The van der Waals surface area contributed by atoms with Crippen molar-refractivity contribution in [2.45, 2.75) is 39.2 Å². The second-order valence-electron chi connectivity index (χ2n) is 7.15. The van der Waals surface area contributed by atoms with Gasteiger partial charge in [0.1, 0.15) is 5.41 Å². The molecule has 1 N–H and O–H groups in total. The first-order valence-corrected chi connectivity index (χ1v) is 11.0. The Balaban J connectivity index is 1.75. The van der Waals surface area contributed by atoms with Gasteiger partial charge in [0.2, 0.25) is 11.8 Å². The van der Waals surface area contributed by atoms with Crippen molar-refractivity contribution in [3.63, 3.8) is 0 Å². The van der Waals surface area contributed by atoms with Gasteiger partial charge in [0, 0.05) is 23.3 Å². The average Bonchev–Trinajstić information content (AvgIpc) is 3.31. The second kappa shape index (κ2) is 6.85. The molecule has 0 radical (unpaired) electrons. The molecule has 1 unspecified atom stereocenters. The number of halogens is 1. The van der Waals surface area contributed by atoms with Crippen molar-refractivity contribution in [2.24, 2.45) is 5.41 Å². The molecular weight excluding hydrogens is 376 g/mol. The van der Waals surface area contributed by atoms with Crippen molar-refractivity contribution in [3.8, 4) is 0 Å². The van der Waals surface area contributed by atoms with Gasteiger partial charge < -0.3 is 10.2 Å². The van der Waals surface area contributed by atoms with E-state index in [0.29, 0.717) is 36.5 Å². The predicted octanol–water partition coefficient (Wildman–Crippen LogP) is 2.40. The van der Waals surface area contributed by atoms with Crippen molar-refractivity contribution in [1.29, 1.82) is 0 Å². The number of anilines is 1. The number of hydrogen-bond acceptors (Lipinski definition) is 4. The Hall–Kier alpha value is -1.60. The van der Waals surface area contributed by atoms with Gasteiger partial charge >= 0.3 is 0 Å². The second-order valence-corrected chi connectivity index (χ2v) is 9.78. The third-order valence-electron chi connectivity index (χ3n) is 5.27. The smallest absolute Gasteiger partial charge is 0.240 e. The average molecular weight is 399 g/mol. The van der Waals surface area contributed by atoms with Gasteiger partial charge in [-0.25, -0.2) is 8.42 Å². The molecule has 0 bridgehead atoms. The van der Waals surface area contributed by atoms with Gasteiger partial charge in [-0.05, 0) is 50.8 Å². The summed E-state index contributed by atoms with van der Waals surface area (Å²) < 4.78 is 23.5. The molecule has 0 spiro atoms. The maximum Gasteiger partial charge on any atom is 0.240 e. The lowest BCUT2D eigenvalue weighted by Crippen LogP contribution is -2.48. The van der Waals surface area contributed by atoms with Crippen LogP contribution in [0.1, 0.15) is 31.7 Å². The highest BCUT2D eigenvalue weighted by atomic mass is 35.5. The molecule has 8 heteroatoms. The van der Waals surface area contributed by atoms with Crippen molar-refractivity contribution < 1.29 is 18.0 Å². The number of nitrogens with one attached hydrogen (secondary N) is 1. The fourth-order valence-corrected chi connectivity index (χ4v) is 5.36. The van der Waals surface area contributed by atoms with E-state index in [1.165, 1.54) is 0 Å². The molecule has 2 aliphatic rings. The summed E-state index contributed by atoms with van der Waals surface area (Å²) in [4.78, 5) is 27.4. The van der Waals surface area contributed by atoms with Gasteiger partial charge in [-0.1, -0.05) is 17.7 Å². The zero-order valence-electron chi connectivity index (χ0n) is 14.9. The molecule has 1 aromatic carbocycles. The maximum atomic E-state index is 13.1. The molecule has 142 valence electrons. The topological polar surface area (TPSA) is 83.6 Å². The number of sulfone groups is 1. The summed E-state index contributed by atoms with van der Waals surface area (Å²) in [5, 5.41) is 3.34. The van der Waals surface area contributed by atoms with Gasteiger partial charge in [0.25, 0.3) is 0 Å². The van der Waals surface area contributed by atoms with E-state index < -0.39 is 15.3 Å². The van der Waals surface area contributed by atoms with E-state index in [-0.39, 0.29) is 29.4 Å². The molecule has 1 atom stereocenters. The fraction of sp³-hybridized carbons (Fsp3) is 0.556. The summed E-state index contributed by atoms with van der Waals surface area (Å²) in [7, 11) is -3.10. The molecule has 3 rings (SSSR count). The van der Waals surface area contributed by atoms with Crippen molar-refractivity contribution in [1.82, 2.24) is 4.90 Å². The van der Waals surface area contributed by atoms with Crippen LogP contribution in [0.3, 0.4) is 0 Å². The molecule has 1 saturated heterocycles. The quantitative estimate of drug-likeness (QED) is 0.772. The number of benzene rings is 1. The Bertz CT molecular complexity index is 849. The maximum absolute atomic E-state index is 13.1. The largest absolute Gasteiger partial charge is 0.338 e. The Morgan fingerprint density at radius 3 is 2.54 bits per heavy atom. The molecule has 1 saturated carbocycles. The van der Waals surface area contributed by atoms with Crippen molar-refractivity contribution in [3.05, 3.63) is 28.8 Å². The first-order chi connectivity index (χ1) is 12.2. The molecule has 2 fully saturated rings. The predicted molar refractivity (Wildman–Crippen MR) is 101 cm³/mol. The normalized spacial score (nSPS) is 22.7. The summed E-state index contributed by atoms with van der Waals surface area (Å²) in [6.45, 7) is 4.08. The van der Waals surface area contributed by atoms with Crippen LogP contribution in [0.4, 0.5) is 5.69 Å². The number of carbonyl (C=O) groups excluding carboxylic acids is 2. The van der Waals surface area contributed by atoms with Crippen LogP contribution in [-0.4, -0.2) is 49.2 Å². The number of rotatable bonds is 5. The number of carbonyl (C=O) groups is 2. The third-order valence-corrected chi connectivity index (χ3v) is 7.43. The van der Waals surface area contributed by atoms with Crippen LogP contribution in [0.5, 0.6) is 0 Å². The first kappa shape index (κ1) is 19.2. The minimum absolute atomic E-state index is 0.0160. The van der Waals surface area contributed by atoms with Gasteiger partial charge in [-0.3, -0.25) is 9.59 Å². The number of amides is 2. The monoisotopic (exact) mass is 398 g/mol. The zero-order valence-corrected chi connectivity index (χ0v) is 16.5. The SMILES string of the molecule is CCN(C(=O)C1(C(=O)Nc2ccc(C)c(Cl)c2)CC1)C1CCS(=O)(=O)C1. The summed E-state index contributed by atoms with van der Waals surface area (Å²) >= 11 is 6.09. The fourth-order valence-electron chi connectivity index (χ4n) is 3.45. The molecule has 1 aliphatic heterocycles. The molecule has 6 nitrogen and oxygen atoms in total. The minimum Gasteiger partial charge on any atom is -0.338 e. The molecule has 1 aliphatic carbocycles. The van der Waals surface area contributed by atoms with E-state index in [9.17, 15) is 18.0 Å². The lowest BCUT2D eigenvalue weighted by atomic mass is 10.0. The zero-order chi connectivity index (χ0) is 19.1. The number of nitrogens with zero attached hydrogens (tertiary/aromatic N) is 1. The summed E-state index contributed by atoms with van der Waals surface area (Å²) in [6, 6.07) is 4.88. The first-order valence-electron chi connectivity index (χ1n) is 8.77. The van der Waals surface area contributed by atoms with Crippen LogP contribution < -0.4 is 5.32 Å². The van der Waals surface area contributed by atoms with Crippen molar-refractivity contribution >= 4 is 38.9 Å². The Morgan fingerprint density at radius 2 is 2.04 bits per heavy atom. The Morgan fingerprint density at radius 1 is 1.35 bits per heavy atom. The van der Waals surface area contributed by atoms with E-state index in [1.54, 1.807) is 23.1 Å². The molecule has 0 aromatic heterocycles. The van der Waals surface area contributed by atoms with E-state index in [2.05, 4.69) is 5.32 Å². The molecule has 1 aromatic rings. The molecule has 26 heavy (non-hydrogen) atoms. The van der Waals surface area contributed by atoms with Gasteiger partial charge in [-0.15, -0.1) is 0 Å². The van der Waals surface area contributed by atoms with E-state index in [0.717, 1.165) is 5.56 Å². The lowest BCUT2D eigenvalue weighted by Gasteiger charge is -2.30. The van der Waals surface area contributed by atoms with E-state index >= 15 is 0 Å². The minimum atomic E-state index is -3.10. The van der Waals surface area contributed by atoms with Crippen LogP contribution in [0, 0.1) is 12.3 Å². The van der Waals surface area contributed by atoms with Crippen LogP contribution in [-0.2, 0) is 19.4 Å². The van der Waals surface area contributed by atoms with E-state index in [4.69, 9.17) is 11.6 Å². The van der Waals surface area contributed by atoms with Crippen LogP contribution in [0.15, 0.2) is 18.2 Å². The molecule has 2 amide bonds. The summed E-state index contributed by atoms with van der Waals surface area (Å²) in [6.07, 6.45) is 1.40. The van der Waals surface area contributed by atoms with Crippen LogP contribution >= 0.6 is 11.6 Å². The highest BCUT2D eigenvalue weighted by Crippen LogP contribution is 2.49. The standard InChI is InChI=1S/C18H23ClN2O4S/c1-3-21(14-6-9-26(24,25)11-14)17(23)18(7-8-18)16(22)20-13-5-4-12(2)15(19)10-13/h4-5,10,14H,3,6-9,11H2,1-2H3,(H,20,22). The van der Waals surface area contributed by atoms with Crippen LogP contribution in [0.25, 0.3) is 0 Å².